The van der Waals surface area contributed by atoms with Crippen LogP contribution in [0.15, 0.2) is 22.1 Å². The minimum Gasteiger partial charge on any atom is -0.356 e. The fourth-order valence-corrected chi connectivity index (χ4v) is 2.29. The summed E-state index contributed by atoms with van der Waals surface area (Å²) in [5, 5.41) is 5.68. The molecular formula is C10H10BrN3OS. The first-order chi connectivity index (χ1) is 7.65. The summed E-state index contributed by atoms with van der Waals surface area (Å²) < 4.78 is 0.864. The van der Waals surface area contributed by atoms with Crippen LogP contribution in [0.1, 0.15) is 21.2 Å². The highest BCUT2D eigenvalue weighted by Gasteiger charge is 2.08. The molecule has 0 aliphatic carbocycles. The maximum absolute atomic E-state index is 11.7. The molecule has 0 aliphatic rings. The van der Waals surface area contributed by atoms with Gasteiger partial charge in [0, 0.05) is 21.7 Å². The predicted octanol–water partition coefficient (Wildman–Crippen LogP) is 2.47. The van der Waals surface area contributed by atoms with E-state index in [1.165, 1.54) is 0 Å². The van der Waals surface area contributed by atoms with E-state index in [4.69, 9.17) is 0 Å². The van der Waals surface area contributed by atoms with Gasteiger partial charge in [0.05, 0.1) is 6.54 Å². The second kappa shape index (κ2) is 4.80. The first-order valence-corrected chi connectivity index (χ1v) is 6.35. The number of rotatable bonds is 3. The number of thiazole rings is 1. The summed E-state index contributed by atoms with van der Waals surface area (Å²) in [7, 11) is 0. The van der Waals surface area contributed by atoms with Crippen molar-refractivity contribution in [1.82, 2.24) is 15.3 Å². The lowest BCUT2D eigenvalue weighted by Crippen LogP contribution is -2.22. The Kier molecular flexibility index (Phi) is 3.40. The van der Waals surface area contributed by atoms with E-state index in [1.54, 1.807) is 23.6 Å². The van der Waals surface area contributed by atoms with Crippen molar-refractivity contribution in [2.45, 2.75) is 13.5 Å². The lowest BCUT2D eigenvalue weighted by Gasteiger charge is -2.00. The average Bonchev–Trinajstić information content (AvgIpc) is 2.84. The van der Waals surface area contributed by atoms with E-state index in [0.29, 0.717) is 12.2 Å². The molecule has 0 aliphatic heterocycles. The smallest absolute Gasteiger partial charge is 0.268 e. The van der Waals surface area contributed by atoms with Crippen LogP contribution >= 0.6 is 27.3 Å². The molecule has 2 heterocycles. The molecule has 2 N–H and O–H groups in total. The molecule has 6 heteroatoms. The van der Waals surface area contributed by atoms with Gasteiger partial charge in [-0.15, -0.1) is 11.3 Å². The SMILES string of the molecule is Cc1csc(CNC(=O)c2cc(Br)c[nH]2)n1. The minimum atomic E-state index is -0.126. The van der Waals surface area contributed by atoms with Crippen LogP contribution in [0.5, 0.6) is 0 Å². The first-order valence-electron chi connectivity index (χ1n) is 4.68. The Labute approximate surface area is 105 Å². The maximum atomic E-state index is 11.7. The molecule has 0 saturated carbocycles. The Morgan fingerprint density at radius 1 is 1.69 bits per heavy atom. The number of aryl methyl sites for hydroxylation is 1. The maximum Gasteiger partial charge on any atom is 0.268 e. The summed E-state index contributed by atoms with van der Waals surface area (Å²) in [4.78, 5) is 18.8. The number of carbonyl (C=O) groups excluding carboxylic acids is 1. The summed E-state index contributed by atoms with van der Waals surface area (Å²) in [6.45, 7) is 2.40. The van der Waals surface area contributed by atoms with Crippen molar-refractivity contribution >= 4 is 33.2 Å². The first kappa shape index (κ1) is 11.3. The average molecular weight is 300 g/mol. The van der Waals surface area contributed by atoms with Crippen molar-refractivity contribution in [3.63, 3.8) is 0 Å². The van der Waals surface area contributed by atoms with E-state index in [2.05, 4.69) is 31.2 Å². The van der Waals surface area contributed by atoms with Gasteiger partial charge >= 0.3 is 0 Å². The van der Waals surface area contributed by atoms with Crippen LogP contribution in [0.25, 0.3) is 0 Å². The third kappa shape index (κ3) is 2.70. The normalized spacial score (nSPS) is 10.4. The zero-order valence-electron chi connectivity index (χ0n) is 8.58. The molecule has 0 saturated heterocycles. The number of halogens is 1. The number of hydrogen-bond donors (Lipinski definition) is 2. The molecule has 2 aromatic heterocycles. The Bertz CT molecular complexity index is 506. The van der Waals surface area contributed by atoms with E-state index >= 15 is 0 Å². The number of amides is 1. The van der Waals surface area contributed by atoms with E-state index in [1.807, 2.05) is 12.3 Å². The molecule has 0 bridgehead atoms. The van der Waals surface area contributed by atoms with E-state index < -0.39 is 0 Å². The second-order valence-corrected chi connectivity index (χ2v) is 5.16. The highest BCUT2D eigenvalue weighted by atomic mass is 79.9. The molecule has 1 amide bonds. The zero-order valence-corrected chi connectivity index (χ0v) is 11.0. The lowest BCUT2D eigenvalue weighted by molar-refractivity contribution is 0.0946. The monoisotopic (exact) mass is 299 g/mol. The molecule has 4 nitrogen and oxygen atoms in total. The number of aromatic amines is 1. The lowest BCUT2D eigenvalue weighted by atomic mass is 10.4. The van der Waals surface area contributed by atoms with E-state index in [0.717, 1.165) is 15.2 Å². The molecule has 16 heavy (non-hydrogen) atoms. The standard InChI is InChI=1S/C10H10BrN3OS/c1-6-5-16-9(14-6)4-13-10(15)8-2-7(11)3-12-8/h2-3,5,12H,4H2,1H3,(H,13,15). The number of nitrogens with zero attached hydrogens (tertiary/aromatic N) is 1. The molecular weight excluding hydrogens is 290 g/mol. The number of carbonyl (C=O) groups is 1. The fourth-order valence-electron chi connectivity index (χ4n) is 1.23. The summed E-state index contributed by atoms with van der Waals surface area (Å²) in [5.41, 5.74) is 1.53. The Hall–Kier alpha value is -1.14. The number of H-pyrrole nitrogens is 1. The second-order valence-electron chi connectivity index (χ2n) is 3.30. The number of nitrogens with one attached hydrogen (secondary N) is 2. The van der Waals surface area contributed by atoms with Crippen molar-refractivity contribution < 1.29 is 4.79 Å². The van der Waals surface area contributed by atoms with Gasteiger partial charge in [0.2, 0.25) is 0 Å². The third-order valence-electron chi connectivity index (χ3n) is 1.96. The molecule has 0 radical (unpaired) electrons. The van der Waals surface area contributed by atoms with Gasteiger partial charge in [0.25, 0.3) is 5.91 Å². The van der Waals surface area contributed by atoms with Crippen LogP contribution in [-0.4, -0.2) is 15.9 Å². The van der Waals surface area contributed by atoms with Crippen LogP contribution in [0, 0.1) is 6.92 Å². The number of aromatic nitrogens is 2. The van der Waals surface area contributed by atoms with Gasteiger partial charge in [-0.2, -0.15) is 0 Å². The van der Waals surface area contributed by atoms with Crippen molar-refractivity contribution in [2.75, 3.05) is 0 Å². The topological polar surface area (TPSA) is 57.8 Å². The Balaban J connectivity index is 1.93. The summed E-state index contributed by atoms with van der Waals surface area (Å²) in [6, 6.07) is 1.74. The molecule has 2 rings (SSSR count). The van der Waals surface area contributed by atoms with Crippen LogP contribution < -0.4 is 5.32 Å². The highest BCUT2D eigenvalue weighted by Crippen LogP contribution is 2.11. The van der Waals surface area contributed by atoms with Crippen LogP contribution in [0.4, 0.5) is 0 Å². The molecule has 0 atom stereocenters. The quantitative estimate of drug-likeness (QED) is 0.915. The van der Waals surface area contributed by atoms with Gasteiger partial charge in [-0.3, -0.25) is 4.79 Å². The zero-order chi connectivity index (χ0) is 11.5. The molecule has 2 aromatic rings. The third-order valence-corrected chi connectivity index (χ3v) is 3.38. The van der Waals surface area contributed by atoms with Crippen molar-refractivity contribution in [3.8, 4) is 0 Å². The molecule has 0 fully saturated rings. The van der Waals surface area contributed by atoms with Crippen LogP contribution in [0.2, 0.25) is 0 Å². The van der Waals surface area contributed by atoms with E-state index in [9.17, 15) is 4.79 Å². The van der Waals surface area contributed by atoms with Gasteiger partial charge in [0.15, 0.2) is 0 Å². The van der Waals surface area contributed by atoms with Gasteiger partial charge in [-0.1, -0.05) is 0 Å². The fraction of sp³-hybridized carbons (Fsp3) is 0.200. The predicted molar refractivity (Wildman–Crippen MR) is 66.5 cm³/mol. The number of hydrogen-bond acceptors (Lipinski definition) is 3. The molecule has 0 unspecified atom stereocenters. The van der Waals surface area contributed by atoms with Gasteiger partial charge in [0.1, 0.15) is 10.7 Å². The molecule has 0 spiro atoms. The summed E-state index contributed by atoms with van der Waals surface area (Å²) >= 11 is 4.82. The van der Waals surface area contributed by atoms with Crippen molar-refractivity contribution in [2.24, 2.45) is 0 Å². The van der Waals surface area contributed by atoms with Gasteiger partial charge < -0.3 is 10.3 Å². The largest absolute Gasteiger partial charge is 0.356 e. The van der Waals surface area contributed by atoms with Crippen molar-refractivity contribution in [3.05, 3.63) is 38.5 Å². The van der Waals surface area contributed by atoms with Gasteiger partial charge in [-0.05, 0) is 28.9 Å². The Morgan fingerprint density at radius 2 is 2.50 bits per heavy atom. The van der Waals surface area contributed by atoms with Crippen LogP contribution in [0.3, 0.4) is 0 Å². The van der Waals surface area contributed by atoms with Gasteiger partial charge in [-0.25, -0.2) is 4.98 Å². The molecule has 84 valence electrons. The van der Waals surface area contributed by atoms with Crippen LogP contribution in [-0.2, 0) is 6.54 Å². The Morgan fingerprint density at radius 3 is 3.06 bits per heavy atom. The summed E-state index contributed by atoms with van der Waals surface area (Å²) in [5.74, 6) is -0.126. The minimum absolute atomic E-state index is 0.126. The molecule has 0 aromatic carbocycles. The van der Waals surface area contributed by atoms with Crippen molar-refractivity contribution in [1.29, 1.82) is 0 Å². The highest BCUT2D eigenvalue weighted by molar-refractivity contribution is 9.10. The summed E-state index contributed by atoms with van der Waals surface area (Å²) in [6.07, 6.45) is 1.72. The van der Waals surface area contributed by atoms with E-state index in [-0.39, 0.29) is 5.91 Å².